The van der Waals surface area contributed by atoms with Gasteiger partial charge in [0.05, 0.1) is 13.2 Å². The van der Waals surface area contributed by atoms with Crippen molar-refractivity contribution in [1.82, 2.24) is 14.9 Å². The highest BCUT2D eigenvalue weighted by Crippen LogP contribution is 2.26. The number of hydrogen-bond donors (Lipinski definition) is 0. The maximum atomic E-state index is 12.1. The summed E-state index contributed by atoms with van der Waals surface area (Å²) >= 11 is 0. The fraction of sp³-hybridized carbons (Fsp3) is 0.688. The average molecular weight is 306 g/mol. The highest BCUT2D eigenvalue weighted by atomic mass is 16.5. The monoisotopic (exact) mass is 306 g/mol. The minimum Gasteiger partial charge on any atom is -0.383 e. The van der Waals surface area contributed by atoms with E-state index in [-0.39, 0.29) is 5.91 Å². The van der Waals surface area contributed by atoms with Gasteiger partial charge in [0.2, 0.25) is 5.91 Å². The number of rotatable bonds is 6. The molecule has 0 aliphatic heterocycles. The maximum absolute atomic E-state index is 12.1. The van der Waals surface area contributed by atoms with Gasteiger partial charge in [0.1, 0.15) is 12.1 Å². The van der Waals surface area contributed by atoms with Crippen LogP contribution in [0, 0.1) is 0 Å². The number of carbonyl (C=O) groups excluding carboxylic acids is 1. The third-order valence-corrected chi connectivity index (χ3v) is 4.04. The van der Waals surface area contributed by atoms with Crippen molar-refractivity contribution in [2.24, 2.45) is 0 Å². The lowest BCUT2D eigenvalue weighted by Crippen LogP contribution is -2.39. The minimum atomic E-state index is 0.0667. The van der Waals surface area contributed by atoms with E-state index < -0.39 is 0 Å². The van der Waals surface area contributed by atoms with Crippen molar-refractivity contribution in [3.63, 3.8) is 0 Å². The molecule has 0 bridgehead atoms. The van der Waals surface area contributed by atoms with E-state index in [9.17, 15) is 4.79 Å². The van der Waals surface area contributed by atoms with Crippen LogP contribution in [-0.2, 0) is 22.4 Å². The van der Waals surface area contributed by atoms with Gasteiger partial charge < -0.3 is 14.5 Å². The Kier molecular flexibility index (Phi) is 6.12. The summed E-state index contributed by atoms with van der Waals surface area (Å²) in [5, 5.41) is 0. The van der Waals surface area contributed by atoms with Gasteiger partial charge in [-0.05, 0) is 25.7 Å². The lowest BCUT2D eigenvalue weighted by molar-refractivity contribution is -0.127. The number of hydrogen-bond acceptors (Lipinski definition) is 5. The van der Waals surface area contributed by atoms with Gasteiger partial charge in [-0.15, -0.1) is 0 Å². The van der Waals surface area contributed by atoms with Crippen LogP contribution in [-0.4, -0.2) is 61.7 Å². The molecule has 1 amide bonds. The van der Waals surface area contributed by atoms with E-state index >= 15 is 0 Å². The number of aromatic nitrogens is 2. The van der Waals surface area contributed by atoms with E-state index in [1.54, 1.807) is 32.4 Å². The third kappa shape index (κ3) is 4.16. The predicted octanol–water partition coefficient (Wildman–Crippen LogP) is 1.29. The van der Waals surface area contributed by atoms with Gasteiger partial charge in [0.15, 0.2) is 0 Å². The quantitative estimate of drug-likeness (QED) is 0.741. The number of fused-ring (bicyclic) bond motifs is 1. The number of carbonyl (C=O) groups is 1. The molecule has 122 valence electrons. The Labute approximate surface area is 132 Å². The smallest absolute Gasteiger partial charge is 0.241 e. The number of likely N-dealkylation sites (N-methyl/N-ethyl adjacent to an activating group) is 1. The van der Waals surface area contributed by atoms with Crippen LogP contribution in [0.2, 0.25) is 0 Å². The molecule has 1 aliphatic carbocycles. The van der Waals surface area contributed by atoms with E-state index in [0.29, 0.717) is 19.7 Å². The van der Waals surface area contributed by atoms with Crippen LogP contribution in [0.4, 0.5) is 5.82 Å². The minimum absolute atomic E-state index is 0.0667. The van der Waals surface area contributed by atoms with Crippen LogP contribution in [0.15, 0.2) is 6.33 Å². The van der Waals surface area contributed by atoms with Crippen molar-refractivity contribution in [2.75, 3.05) is 45.8 Å². The first-order valence-electron chi connectivity index (χ1n) is 7.90. The summed E-state index contributed by atoms with van der Waals surface area (Å²) in [7, 11) is 5.22. The zero-order valence-electron chi connectivity index (χ0n) is 13.8. The van der Waals surface area contributed by atoms with Crippen molar-refractivity contribution in [1.29, 1.82) is 0 Å². The van der Waals surface area contributed by atoms with Crippen LogP contribution in [0.5, 0.6) is 0 Å². The number of aryl methyl sites for hydroxylation is 1. The molecule has 1 aromatic heterocycles. The summed E-state index contributed by atoms with van der Waals surface area (Å²) in [6.07, 6.45) is 7.19. The van der Waals surface area contributed by atoms with Crippen molar-refractivity contribution >= 4 is 11.7 Å². The summed E-state index contributed by atoms with van der Waals surface area (Å²) in [6.45, 7) is 1.54. The number of anilines is 1. The van der Waals surface area contributed by atoms with Gasteiger partial charge in [-0.3, -0.25) is 4.79 Å². The Balaban J connectivity index is 2.28. The molecule has 0 spiro atoms. The van der Waals surface area contributed by atoms with E-state index in [4.69, 9.17) is 4.74 Å². The van der Waals surface area contributed by atoms with Crippen LogP contribution >= 0.6 is 0 Å². The molecule has 0 saturated heterocycles. The molecule has 6 nitrogen and oxygen atoms in total. The second-order valence-corrected chi connectivity index (χ2v) is 5.89. The number of amides is 1. The summed E-state index contributed by atoms with van der Waals surface area (Å²) in [4.78, 5) is 24.7. The molecule has 0 unspecified atom stereocenters. The molecule has 0 fully saturated rings. The Morgan fingerprint density at radius 1 is 1.23 bits per heavy atom. The predicted molar refractivity (Wildman–Crippen MR) is 86.1 cm³/mol. The van der Waals surface area contributed by atoms with Crippen LogP contribution in [0.1, 0.15) is 30.5 Å². The van der Waals surface area contributed by atoms with Crippen LogP contribution in [0.25, 0.3) is 0 Å². The van der Waals surface area contributed by atoms with Gasteiger partial charge in [-0.2, -0.15) is 0 Å². The average Bonchev–Trinajstić information content (AvgIpc) is 2.76. The fourth-order valence-corrected chi connectivity index (χ4v) is 2.72. The highest BCUT2D eigenvalue weighted by molar-refractivity contribution is 5.81. The van der Waals surface area contributed by atoms with Gasteiger partial charge >= 0.3 is 0 Å². The number of methoxy groups -OCH3 is 1. The molecule has 1 aromatic rings. The van der Waals surface area contributed by atoms with Gasteiger partial charge in [-0.1, -0.05) is 6.42 Å². The Morgan fingerprint density at radius 2 is 2.00 bits per heavy atom. The number of nitrogens with zero attached hydrogens (tertiary/aromatic N) is 4. The van der Waals surface area contributed by atoms with Crippen molar-refractivity contribution in [3.8, 4) is 0 Å². The van der Waals surface area contributed by atoms with Crippen LogP contribution < -0.4 is 4.90 Å². The lowest BCUT2D eigenvalue weighted by atomic mass is 10.1. The molecular formula is C16H26N4O2. The molecule has 0 saturated carbocycles. The Morgan fingerprint density at radius 3 is 2.73 bits per heavy atom. The SMILES string of the molecule is COCCN(CC(=O)N(C)C)c1ncnc2c1CCCCC2. The van der Waals surface area contributed by atoms with Gasteiger partial charge in [-0.25, -0.2) is 9.97 Å². The van der Waals surface area contributed by atoms with Gasteiger partial charge in [0.25, 0.3) is 0 Å². The largest absolute Gasteiger partial charge is 0.383 e. The standard InChI is InChI=1S/C16H26N4O2/c1-19(2)15(21)11-20(9-10-22-3)16-13-7-5-4-6-8-14(13)17-12-18-16/h12H,4-11H2,1-3H3. The Bertz CT molecular complexity index is 505. The molecule has 1 heterocycles. The summed E-state index contributed by atoms with van der Waals surface area (Å²) in [5.74, 6) is 0.969. The second kappa shape index (κ2) is 8.08. The fourth-order valence-electron chi connectivity index (χ4n) is 2.72. The molecule has 2 rings (SSSR count). The number of ether oxygens (including phenoxy) is 1. The molecule has 22 heavy (non-hydrogen) atoms. The van der Waals surface area contributed by atoms with Gasteiger partial charge in [0, 0.05) is 39.0 Å². The van der Waals surface area contributed by atoms with Crippen molar-refractivity contribution in [2.45, 2.75) is 32.1 Å². The third-order valence-electron chi connectivity index (χ3n) is 4.04. The molecule has 6 heteroatoms. The first-order valence-corrected chi connectivity index (χ1v) is 7.90. The molecule has 0 N–H and O–H groups in total. The zero-order chi connectivity index (χ0) is 15.9. The Hall–Kier alpha value is -1.69. The lowest BCUT2D eigenvalue weighted by Gasteiger charge is -2.26. The van der Waals surface area contributed by atoms with E-state index in [1.807, 2.05) is 4.90 Å². The first kappa shape index (κ1) is 16.7. The molecule has 0 radical (unpaired) electrons. The van der Waals surface area contributed by atoms with Crippen LogP contribution in [0.3, 0.4) is 0 Å². The zero-order valence-corrected chi connectivity index (χ0v) is 13.8. The maximum Gasteiger partial charge on any atom is 0.241 e. The van der Waals surface area contributed by atoms with Crippen molar-refractivity contribution in [3.05, 3.63) is 17.6 Å². The molecule has 0 aromatic carbocycles. The van der Waals surface area contributed by atoms with Crippen molar-refractivity contribution < 1.29 is 9.53 Å². The van der Waals surface area contributed by atoms with E-state index in [1.165, 1.54) is 18.4 Å². The highest BCUT2D eigenvalue weighted by Gasteiger charge is 2.21. The molecule has 1 aliphatic rings. The summed E-state index contributed by atoms with van der Waals surface area (Å²) < 4.78 is 5.19. The summed E-state index contributed by atoms with van der Waals surface area (Å²) in [6, 6.07) is 0. The van der Waals surface area contributed by atoms with E-state index in [2.05, 4.69) is 9.97 Å². The van der Waals surface area contributed by atoms with E-state index in [0.717, 1.165) is 30.8 Å². The molecular weight excluding hydrogens is 280 g/mol. The topological polar surface area (TPSA) is 58.6 Å². The first-order chi connectivity index (χ1) is 10.6. The second-order valence-electron chi connectivity index (χ2n) is 5.89. The normalized spacial score (nSPS) is 14.1. The summed E-state index contributed by atoms with van der Waals surface area (Å²) in [5.41, 5.74) is 2.35. The molecule has 0 atom stereocenters.